The first-order chi connectivity index (χ1) is 11.1. The van der Waals surface area contributed by atoms with E-state index in [0.717, 1.165) is 0 Å². The molecule has 0 aromatic carbocycles. The molecule has 2 rings (SSSR count). The molecule has 1 aromatic heterocycles. The highest BCUT2D eigenvalue weighted by molar-refractivity contribution is 7.99. The number of amides is 2. The molecule has 7 nitrogen and oxygen atoms in total. The van der Waals surface area contributed by atoms with Crippen molar-refractivity contribution in [3.63, 3.8) is 0 Å². The third-order valence-electron chi connectivity index (χ3n) is 3.52. The molecule has 2 amide bonds. The van der Waals surface area contributed by atoms with Crippen LogP contribution in [0.4, 0.5) is 0 Å². The van der Waals surface area contributed by atoms with E-state index in [0.29, 0.717) is 18.1 Å². The number of rotatable bonds is 4. The Bertz CT molecular complexity index is 662. The lowest BCUT2D eigenvalue weighted by atomic mass is 10.1. The first kappa shape index (κ1) is 18.4. The van der Waals surface area contributed by atoms with E-state index in [4.69, 9.17) is 4.42 Å². The largest absolute Gasteiger partial charge is 0.478 e. The fourth-order valence-corrected chi connectivity index (χ4v) is 3.59. The molecule has 0 radical (unpaired) electrons. The van der Waals surface area contributed by atoms with Gasteiger partial charge in [0.2, 0.25) is 5.91 Å². The van der Waals surface area contributed by atoms with Crippen molar-refractivity contribution in [3.8, 4) is 0 Å². The molecule has 0 saturated carbocycles. The highest BCUT2D eigenvalue weighted by Gasteiger charge is 2.38. The van der Waals surface area contributed by atoms with E-state index in [1.165, 1.54) is 22.7 Å². The predicted molar refractivity (Wildman–Crippen MR) is 90.2 cm³/mol. The first-order valence-corrected chi connectivity index (χ1v) is 8.86. The van der Waals surface area contributed by atoms with Crippen molar-refractivity contribution in [2.24, 2.45) is 0 Å². The number of furan rings is 1. The van der Waals surface area contributed by atoms with Crippen LogP contribution < -0.4 is 5.32 Å². The third-order valence-corrected chi connectivity index (χ3v) is 4.53. The smallest absolute Gasteiger partial charge is 0.339 e. The number of aromatic carboxylic acids is 1. The topological polar surface area (TPSA) is 99.9 Å². The van der Waals surface area contributed by atoms with Gasteiger partial charge in [-0.15, -0.1) is 11.8 Å². The third kappa shape index (κ3) is 3.92. The molecule has 1 unspecified atom stereocenters. The number of nitrogens with zero attached hydrogens (tertiary/aromatic N) is 1. The van der Waals surface area contributed by atoms with Gasteiger partial charge in [-0.1, -0.05) is 6.92 Å². The number of nitrogens with one attached hydrogen (secondary N) is 1. The Hall–Kier alpha value is -1.96. The minimum atomic E-state index is -1.13. The summed E-state index contributed by atoms with van der Waals surface area (Å²) in [7, 11) is 0. The van der Waals surface area contributed by atoms with Gasteiger partial charge in [-0.25, -0.2) is 4.79 Å². The van der Waals surface area contributed by atoms with Crippen LogP contribution in [0.3, 0.4) is 0 Å². The van der Waals surface area contributed by atoms with Gasteiger partial charge in [-0.05, 0) is 20.8 Å². The van der Waals surface area contributed by atoms with Crippen molar-refractivity contribution in [3.05, 3.63) is 23.2 Å². The van der Waals surface area contributed by atoms with Crippen molar-refractivity contribution in [2.75, 3.05) is 11.6 Å². The van der Waals surface area contributed by atoms with Gasteiger partial charge in [0.15, 0.2) is 5.76 Å². The molecule has 1 saturated heterocycles. The molecular weight excluding hydrogens is 332 g/mol. The molecule has 1 atom stereocenters. The van der Waals surface area contributed by atoms with E-state index < -0.39 is 23.5 Å². The molecule has 0 bridgehead atoms. The van der Waals surface area contributed by atoms with Gasteiger partial charge in [0.25, 0.3) is 5.91 Å². The summed E-state index contributed by atoms with van der Waals surface area (Å²) < 4.78 is 5.42. The summed E-state index contributed by atoms with van der Waals surface area (Å²) >= 11 is 1.48. The Balaban J connectivity index is 2.22. The van der Waals surface area contributed by atoms with Crippen molar-refractivity contribution in [2.45, 2.75) is 45.7 Å². The quantitative estimate of drug-likeness (QED) is 0.857. The zero-order chi connectivity index (χ0) is 18.1. The number of carbonyl (C=O) groups is 3. The summed E-state index contributed by atoms with van der Waals surface area (Å²) in [5.74, 6) is -0.731. The van der Waals surface area contributed by atoms with Crippen LogP contribution in [0.15, 0.2) is 10.5 Å². The first-order valence-electron chi connectivity index (χ1n) is 7.70. The fraction of sp³-hybridized carbons (Fsp3) is 0.562. The molecule has 8 heteroatoms. The van der Waals surface area contributed by atoms with Crippen molar-refractivity contribution >= 4 is 29.5 Å². The molecule has 132 valence electrons. The molecule has 1 aliphatic heterocycles. The predicted octanol–water partition coefficient (Wildman–Crippen LogP) is 1.97. The Morgan fingerprint density at radius 1 is 1.42 bits per heavy atom. The highest BCUT2D eigenvalue weighted by atomic mass is 32.2. The monoisotopic (exact) mass is 354 g/mol. The van der Waals surface area contributed by atoms with E-state index in [1.807, 2.05) is 20.8 Å². The Labute approximate surface area is 144 Å². The maximum atomic E-state index is 12.7. The molecule has 1 aliphatic rings. The standard InChI is InChI=1S/C16H22N2O5S/c1-5-11-9(15(21)22)6-12(23-11)14(20)18-8-24-7-10(18)13(19)17-16(2,3)4/h6,10H,5,7-8H2,1-4H3,(H,17,19)(H,21,22). The van der Waals surface area contributed by atoms with Gasteiger partial charge < -0.3 is 19.7 Å². The summed E-state index contributed by atoms with van der Waals surface area (Å²) in [4.78, 5) is 37.7. The summed E-state index contributed by atoms with van der Waals surface area (Å²) in [6.45, 7) is 7.37. The van der Waals surface area contributed by atoms with E-state index >= 15 is 0 Å². The zero-order valence-electron chi connectivity index (χ0n) is 14.2. The molecule has 2 heterocycles. The Kier molecular flexibility index (Phi) is 5.27. The molecule has 1 aromatic rings. The summed E-state index contributed by atoms with van der Waals surface area (Å²) in [5.41, 5.74) is -0.404. The fourth-order valence-electron chi connectivity index (χ4n) is 2.43. The van der Waals surface area contributed by atoms with Gasteiger partial charge in [-0.2, -0.15) is 0 Å². The minimum Gasteiger partial charge on any atom is -0.478 e. The van der Waals surface area contributed by atoms with Crippen molar-refractivity contribution < 1.29 is 23.9 Å². The lowest BCUT2D eigenvalue weighted by Crippen LogP contribution is -2.52. The van der Waals surface area contributed by atoms with Crippen LogP contribution in [0, 0.1) is 0 Å². The second-order valence-corrected chi connectivity index (χ2v) is 7.64. The van der Waals surface area contributed by atoms with E-state index in [-0.39, 0.29) is 23.0 Å². The van der Waals surface area contributed by atoms with Crippen LogP contribution in [0.2, 0.25) is 0 Å². The SMILES string of the molecule is CCc1oc(C(=O)N2CSCC2C(=O)NC(C)(C)C)cc1C(=O)O. The maximum absolute atomic E-state index is 12.7. The van der Waals surface area contributed by atoms with Gasteiger partial charge in [0.05, 0.1) is 5.88 Å². The normalized spacial score (nSPS) is 17.8. The van der Waals surface area contributed by atoms with Gasteiger partial charge in [0, 0.05) is 23.8 Å². The lowest BCUT2D eigenvalue weighted by molar-refractivity contribution is -0.125. The molecule has 1 fully saturated rings. The molecular formula is C16H22N2O5S. The van der Waals surface area contributed by atoms with Crippen LogP contribution in [0.1, 0.15) is 54.4 Å². The van der Waals surface area contributed by atoms with E-state index in [9.17, 15) is 19.5 Å². The highest BCUT2D eigenvalue weighted by Crippen LogP contribution is 2.26. The average molecular weight is 354 g/mol. The average Bonchev–Trinajstić information content (AvgIpc) is 3.11. The lowest BCUT2D eigenvalue weighted by Gasteiger charge is -2.27. The second kappa shape index (κ2) is 6.88. The van der Waals surface area contributed by atoms with Gasteiger partial charge >= 0.3 is 5.97 Å². The van der Waals surface area contributed by atoms with Crippen LogP contribution >= 0.6 is 11.8 Å². The number of carboxylic acid groups (broad SMARTS) is 1. The molecule has 2 N–H and O–H groups in total. The molecule has 0 spiro atoms. The van der Waals surface area contributed by atoms with E-state index in [2.05, 4.69) is 5.32 Å². The Morgan fingerprint density at radius 3 is 2.58 bits per heavy atom. The van der Waals surface area contributed by atoms with Crippen molar-refractivity contribution in [1.82, 2.24) is 10.2 Å². The number of hydrogen-bond donors (Lipinski definition) is 2. The maximum Gasteiger partial charge on any atom is 0.339 e. The number of aryl methyl sites for hydroxylation is 1. The van der Waals surface area contributed by atoms with Crippen LogP contribution in [0.5, 0.6) is 0 Å². The summed E-state index contributed by atoms with van der Waals surface area (Å²) in [5, 5.41) is 12.0. The number of carboxylic acids is 1. The van der Waals surface area contributed by atoms with E-state index in [1.54, 1.807) is 6.92 Å². The number of carbonyl (C=O) groups excluding carboxylic acids is 2. The van der Waals surface area contributed by atoms with Crippen LogP contribution in [0.25, 0.3) is 0 Å². The number of thioether (sulfide) groups is 1. The van der Waals surface area contributed by atoms with Crippen LogP contribution in [-0.2, 0) is 11.2 Å². The Morgan fingerprint density at radius 2 is 2.08 bits per heavy atom. The molecule has 24 heavy (non-hydrogen) atoms. The summed E-state index contributed by atoms with van der Waals surface area (Å²) in [6, 6.07) is 0.649. The van der Waals surface area contributed by atoms with Crippen LogP contribution in [-0.4, -0.2) is 51.0 Å². The second-order valence-electron chi connectivity index (χ2n) is 6.64. The number of hydrogen-bond acceptors (Lipinski definition) is 5. The molecule has 0 aliphatic carbocycles. The zero-order valence-corrected chi connectivity index (χ0v) is 15.0. The van der Waals surface area contributed by atoms with Gasteiger partial charge in [0.1, 0.15) is 17.4 Å². The minimum absolute atomic E-state index is 0.0107. The van der Waals surface area contributed by atoms with Crippen molar-refractivity contribution in [1.29, 1.82) is 0 Å². The summed E-state index contributed by atoms with van der Waals surface area (Å²) in [6.07, 6.45) is 0.373. The van der Waals surface area contributed by atoms with Gasteiger partial charge in [-0.3, -0.25) is 9.59 Å².